The van der Waals surface area contributed by atoms with Gasteiger partial charge in [0.2, 0.25) is 5.95 Å². The highest BCUT2D eigenvalue weighted by molar-refractivity contribution is 5.95. The summed E-state index contributed by atoms with van der Waals surface area (Å²) in [5.41, 5.74) is 0.516. The van der Waals surface area contributed by atoms with Crippen LogP contribution in [0.15, 0.2) is 10.9 Å². The number of amides is 4. The molecule has 4 amide bonds. The number of hydrogen-bond donors (Lipinski definition) is 3. The summed E-state index contributed by atoms with van der Waals surface area (Å²) in [6.45, 7) is 4.05. The van der Waals surface area contributed by atoms with Crippen molar-refractivity contribution in [3.05, 3.63) is 22.1 Å². The first-order valence-electron chi connectivity index (χ1n) is 7.72. The third kappa shape index (κ3) is 3.43. The number of urea groups is 2. The second-order valence-electron chi connectivity index (χ2n) is 5.80. The first-order chi connectivity index (χ1) is 11.0. The number of aromatic nitrogens is 2. The summed E-state index contributed by atoms with van der Waals surface area (Å²) in [7, 11) is 0. The van der Waals surface area contributed by atoms with Gasteiger partial charge < -0.3 is 15.5 Å². The predicted molar refractivity (Wildman–Crippen MR) is 83.5 cm³/mol. The molecule has 1 aromatic rings. The summed E-state index contributed by atoms with van der Waals surface area (Å²) in [5, 5.41) is 5.50. The smallest absolute Gasteiger partial charge is 0.325 e. The summed E-state index contributed by atoms with van der Waals surface area (Å²) < 4.78 is 0. The van der Waals surface area contributed by atoms with Crippen LogP contribution >= 0.6 is 0 Å². The lowest BCUT2D eigenvalue weighted by atomic mass is 10.1. The van der Waals surface area contributed by atoms with Gasteiger partial charge in [-0.05, 0) is 19.8 Å². The van der Waals surface area contributed by atoms with Crippen LogP contribution in [0.25, 0.3) is 0 Å². The summed E-state index contributed by atoms with van der Waals surface area (Å²) in [6, 6.07) is 0.781. The fourth-order valence-electron chi connectivity index (χ4n) is 2.87. The SMILES string of the molecule is Cc1cc(=O)[nH]c(N2CCC(NC(=O)N3CCNC3=O)CC2)n1. The Hall–Kier alpha value is -2.58. The number of nitrogens with zero attached hydrogens (tertiary/aromatic N) is 3. The topological polar surface area (TPSA) is 110 Å². The largest absolute Gasteiger partial charge is 0.342 e. The molecule has 3 N–H and O–H groups in total. The van der Waals surface area contributed by atoms with E-state index in [-0.39, 0.29) is 23.7 Å². The van der Waals surface area contributed by atoms with E-state index in [4.69, 9.17) is 0 Å². The molecule has 3 heterocycles. The lowest BCUT2D eigenvalue weighted by molar-refractivity contribution is 0.194. The van der Waals surface area contributed by atoms with Crippen LogP contribution in [-0.4, -0.2) is 59.2 Å². The van der Waals surface area contributed by atoms with Crippen LogP contribution in [0.1, 0.15) is 18.5 Å². The molecule has 0 aliphatic carbocycles. The normalized spacial score (nSPS) is 18.9. The Balaban J connectivity index is 1.55. The fraction of sp³-hybridized carbons (Fsp3) is 0.571. The number of anilines is 1. The fourth-order valence-corrected chi connectivity index (χ4v) is 2.87. The van der Waals surface area contributed by atoms with Gasteiger partial charge in [0.15, 0.2) is 0 Å². The number of aryl methyl sites for hydroxylation is 1. The Labute approximate surface area is 133 Å². The van der Waals surface area contributed by atoms with Gasteiger partial charge in [-0.25, -0.2) is 19.5 Å². The average molecular weight is 320 g/mol. The van der Waals surface area contributed by atoms with Crippen LogP contribution in [0.3, 0.4) is 0 Å². The number of H-pyrrole nitrogens is 1. The molecule has 0 radical (unpaired) electrons. The molecule has 2 aliphatic heterocycles. The Kier molecular flexibility index (Phi) is 4.18. The third-order valence-electron chi connectivity index (χ3n) is 4.08. The van der Waals surface area contributed by atoms with Crippen molar-refractivity contribution in [2.45, 2.75) is 25.8 Å². The maximum atomic E-state index is 12.0. The maximum absolute atomic E-state index is 12.0. The molecule has 0 aromatic carbocycles. The summed E-state index contributed by atoms with van der Waals surface area (Å²) >= 11 is 0. The van der Waals surface area contributed by atoms with Gasteiger partial charge in [-0.15, -0.1) is 0 Å². The average Bonchev–Trinajstić information content (AvgIpc) is 2.93. The number of hydrogen-bond acceptors (Lipinski definition) is 5. The Morgan fingerprint density at radius 3 is 2.65 bits per heavy atom. The molecule has 0 bridgehead atoms. The van der Waals surface area contributed by atoms with Crippen molar-refractivity contribution >= 4 is 18.0 Å². The second-order valence-corrected chi connectivity index (χ2v) is 5.80. The Morgan fingerprint density at radius 1 is 1.30 bits per heavy atom. The second kappa shape index (κ2) is 6.27. The molecule has 3 rings (SSSR count). The molecule has 0 atom stereocenters. The first-order valence-corrected chi connectivity index (χ1v) is 7.72. The van der Waals surface area contributed by atoms with Crippen LogP contribution in [0.5, 0.6) is 0 Å². The van der Waals surface area contributed by atoms with Crippen molar-refractivity contribution in [1.82, 2.24) is 25.5 Å². The van der Waals surface area contributed by atoms with Gasteiger partial charge in [0, 0.05) is 44.0 Å². The van der Waals surface area contributed by atoms with E-state index >= 15 is 0 Å². The quantitative estimate of drug-likeness (QED) is 0.698. The summed E-state index contributed by atoms with van der Waals surface area (Å²) in [5.74, 6) is 0.568. The molecule has 2 aliphatic rings. The van der Waals surface area contributed by atoms with E-state index < -0.39 is 0 Å². The minimum Gasteiger partial charge on any atom is -0.342 e. The minimum absolute atomic E-state index is 0.0173. The van der Waals surface area contributed by atoms with Crippen LogP contribution in [0.2, 0.25) is 0 Å². The van der Waals surface area contributed by atoms with E-state index in [1.165, 1.54) is 11.0 Å². The molecule has 23 heavy (non-hydrogen) atoms. The van der Waals surface area contributed by atoms with Gasteiger partial charge in [-0.2, -0.15) is 0 Å². The number of piperidine rings is 1. The van der Waals surface area contributed by atoms with Gasteiger partial charge in [0.25, 0.3) is 5.56 Å². The summed E-state index contributed by atoms with van der Waals surface area (Å²) in [4.78, 5) is 45.3. The van der Waals surface area contributed by atoms with Gasteiger partial charge in [-0.3, -0.25) is 9.78 Å². The van der Waals surface area contributed by atoms with E-state index in [9.17, 15) is 14.4 Å². The minimum atomic E-state index is -0.347. The van der Waals surface area contributed by atoms with Gasteiger partial charge in [0.1, 0.15) is 0 Å². The number of aromatic amines is 1. The van der Waals surface area contributed by atoms with Crippen molar-refractivity contribution < 1.29 is 9.59 Å². The third-order valence-corrected chi connectivity index (χ3v) is 4.08. The lowest BCUT2D eigenvalue weighted by Gasteiger charge is -2.33. The highest BCUT2D eigenvalue weighted by Gasteiger charge is 2.29. The van der Waals surface area contributed by atoms with Gasteiger partial charge in [0.05, 0.1) is 0 Å². The van der Waals surface area contributed by atoms with Crippen molar-refractivity contribution in [3.63, 3.8) is 0 Å². The molecule has 0 unspecified atom stereocenters. The highest BCUT2D eigenvalue weighted by Crippen LogP contribution is 2.15. The zero-order valence-corrected chi connectivity index (χ0v) is 13.0. The van der Waals surface area contributed by atoms with E-state index in [1.807, 2.05) is 4.90 Å². The molecule has 124 valence electrons. The molecule has 9 nitrogen and oxygen atoms in total. The van der Waals surface area contributed by atoms with Crippen molar-refractivity contribution in [2.75, 3.05) is 31.1 Å². The van der Waals surface area contributed by atoms with Crippen molar-refractivity contribution in [3.8, 4) is 0 Å². The Bertz CT molecular complexity index is 665. The molecule has 2 fully saturated rings. The molecular weight excluding hydrogens is 300 g/mol. The van der Waals surface area contributed by atoms with E-state index in [2.05, 4.69) is 20.6 Å². The van der Waals surface area contributed by atoms with Crippen LogP contribution in [0, 0.1) is 6.92 Å². The molecule has 0 saturated carbocycles. The predicted octanol–water partition coefficient (Wildman–Crippen LogP) is -0.218. The maximum Gasteiger partial charge on any atom is 0.325 e. The number of nitrogens with one attached hydrogen (secondary N) is 3. The van der Waals surface area contributed by atoms with E-state index in [0.717, 1.165) is 12.8 Å². The number of rotatable bonds is 2. The Morgan fingerprint density at radius 2 is 2.04 bits per heavy atom. The number of carbonyl (C=O) groups excluding carboxylic acids is 2. The van der Waals surface area contributed by atoms with Crippen LogP contribution < -0.4 is 21.1 Å². The lowest BCUT2D eigenvalue weighted by Crippen LogP contribution is -2.50. The van der Waals surface area contributed by atoms with Gasteiger partial charge in [-0.1, -0.05) is 0 Å². The van der Waals surface area contributed by atoms with E-state index in [1.54, 1.807) is 6.92 Å². The summed E-state index contributed by atoms with van der Waals surface area (Å²) in [6.07, 6.45) is 1.47. The molecular formula is C14H20N6O3. The van der Waals surface area contributed by atoms with Gasteiger partial charge >= 0.3 is 12.1 Å². The highest BCUT2D eigenvalue weighted by atomic mass is 16.2. The molecule has 2 saturated heterocycles. The number of imide groups is 1. The van der Waals surface area contributed by atoms with Crippen LogP contribution in [0.4, 0.5) is 15.5 Å². The van der Waals surface area contributed by atoms with Crippen molar-refractivity contribution in [2.24, 2.45) is 0 Å². The van der Waals surface area contributed by atoms with Crippen LogP contribution in [-0.2, 0) is 0 Å². The molecule has 0 spiro atoms. The monoisotopic (exact) mass is 320 g/mol. The first kappa shape index (κ1) is 15.3. The number of carbonyl (C=O) groups is 2. The zero-order valence-electron chi connectivity index (χ0n) is 13.0. The van der Waals surface area contributed by atoms with E-state index in [0.29, 0.717) is 37.8 Å². The zero-order chi connectivity index (χ0) is 16.4. The standard InChI is InChI=1S/C14H20N6O3/c1-9-8-11(21)18-12(16-9)19-5-2-10(3-6-19)17-14(23)20-7-4-15-13(20)22/h8,10H,2-7H2,1H3,(H,15,22)(H,17,23)(H,16,18,21). The molecule has 1 aromatic heterocycles. The van der Waals surface area contributed by atoms with Crippen molar-refractivity contribution in [1.29, 1.82) is 0 Å². The molecule has 9 heteroatoms.